The summed E-state index contributed by atoms with van der Waals surface area (Å²) in [6.07, 6.45) is 0. The number of carboxylic acids is 1. The summed E-state index contributed by atoms with van der Waals surface area (Å²) in [4.78, 5) is 16.9. The van der Waals surface area contributed by atoms with E-state index in [0.29, 0.717) is 9.90 Å². The van der Waals surface area contributed by atoms with Gasteiger partial charge < -0.3 is 5.11 Å². The number of carboxylic acid groups (broad SMARTS) is 1. The molecule has 0 radical (unpaired) electrons. The van der Waals surface area contributed by atoms with Gasteiger partial charge in [-0.2, -0.15) is 0 Å². The van der Waals surface area contributed by atoms with Gasteiger partial charge in [-0.05, 0) is 6.07 Å². The molecule has 6 heteroatoms. The third kappa shape index (κ3) is 2.51. The Morgan fingerprint density at radius 2 is 2.24 bits per heavy atom. The Morgan fingerprint density at radius 1 is 1.53 bits per heavy atom. The molecule has 0 aliphatic rings. The smallest absolute Gasteiger partial charge is 0.356 e. The molecule has 1 N–H and O–H groups in total. The first-order chi connectivity index (χ1) is 7.99. The van der Waals surface area contributed by atoms with Gasteiger partial charge in [0.1, 0.15) is 0 Å². The summed E-state index contributed by atoms with van der Waals surface area (Å²) in [6, 6.07) is 1.77. The largest absolute Gasteiger partial charge is 0.476 e. The first-order valence-electron chi connectivity index (χ1n) is 4.97. The van der Waals surface area contributed by atoms with Gasteiger partial charge in [0.2, 0.25) is 0 Å². The number of aromatic nitrogens is 1. The van der Waals surface area contributed by atoms with Crippen LogP contribution in [0.25, 0.3) is 9.75 Å². The van der Waals surface area contributed by atoms with Crippen molar-refractivity contribution >= 4 is 40.2 Å². The summed E-state index contributed by atoms with van der Waals surface area (Å²) in [5, 5.41) is 12.4. The first kappa shape index (κ1) is 12.5. The van der Waals surface area contributed by atoms with Crippen molar-refractivity contribution in [2.75, 3.05) is 0 Å². The molecule has 2 heterocycles. The average molecular weight is 288 g/mol. The normalized spacial score (nSPS) is 11.1. The molecular weight excluding hydrogens is 278 g/mol. The van der Waals surface area contributed by atoms with Crippen LogP contribution in [-0.4, -0.2) is 16.1 Å². The predicted octanol–water partition coefficient (Wildman–Crippen LogP) is 4.35. The van der Waals surface area contributed by atoms with Crippen molar-refractivity contribution in [1.82, 2.24) is 4.98 Å². The Morgan fingerprint density at radius 3 is 2.71 bits per heavy atom. The minimum atomic E-state index is -0.993. The van der Waals surface area contributed by atoms with Crippen molar-refractivity contribution in [3.05, 3.63) is 27.2 Å². The molecular formula is C11H10ClNO2S2. The van der Waals surface area contributed by atoms with Crippen LogP contribution < -0.4 is 0 Å². The molecule has 0 fully saturated rings. The Hall–Kier alpha value is -0.910. The lowest BCUT2D eigenvalue weighted by molar-refractivity contribution is 0.0692. The highest BCUT2D eigenvalue weighted by Crippen LogP contribution is 2.38. The van der Waals surface area contributed by atoms with Gasteiger partial charge in [-0.15, -0.1) is 22.7 Å². The van der Waals surface area contributed by atoms with Gasteiger partial charge in [0.25, 0.3) is 0 Å². The SMILES string of the molecule is CC(C)c1nc(C(=O)O)c(-c2cc(Cl)cs2)s1. The number of carbonyl (C=O) groups is 1. The average Bonchev–Trinajstić information content (AvgIpc) is 2.82. The van der Waals surface area contributed by atoms with E-state index in [-0.39, 0.29) is 11.6 Å². The Labute approximate surface area is 112 Å². The number of aromatic carboxylic acids is 1. The highest BCUT2D eigenvalue weighted by Gasteiger charge is 2.21. The van der Waals surface area contributed by atoms with Crippen molar-refractivity contribution in [2.45, 2.75) is 19.8 Å². The Balaban J connectivity index is 2.55. The third-order valence-electron chi connectivity index (χ3n) is 2.13. The molecule has 0 saturated heterocycles. The quantitative estimate of drug-likeness (QED) is 0.913. The molecule has 2 rings (SSSR count). The van der Waals surface area contributed by atoms with Crippen LogP contribution in [0.4, 0.5) is 0 Å². The van der Waals surface area contributed by atoms with Crippen LogP contribution >= 0.6 is 34.3 Å². The lowest BCUT2D eigenvalue weighted by Gasteiger charge is -1.94. The maximum absolute atomic E-state index is 11.2. The number of rotatable bonds is 3. The molecule has 0 amide bonds. The molecule has 0 aromatic carbocycles. The highest BCUT2D eigenvalue weighted by molar-refractivity contribution is 7.21. The summed E-state index contributed by atoms with van der Waals surface area (Å²) in [5.74, 6) is -0.769. The molecule has 90 valence electrons. The fourth-order valence-corrected chi connectivity index (χ4v) is 3.58. The van der Waals surface area contributed by atoms with Crippen LogP contribution in [0.3, 0.4) is 0 Å². The molecule has 0 bridgehead atoms. The van der Waals surface area contributed by atoms with E-state index in [0.717, 1.165) is 9.88 Å². The van der Waals surface area contributed by atoms with E-state index in [4.69, 9.17) is 16.7 Å². The number of hydrogen-bond acceptors (Lipinski definition) is 4. The third-order valence-corrected chi connectivity index (χ3v) is 4.95. The molecule has 17 heavy (non-hydrogen) atoms. The minimum absolute atomic E-state index is 0.122. The van der Waals surface area contributed by atoms with E-state index in [9.17, 15) is 4.79 Å². The molecule has 0 aliphatic heterocycles. The summed E-state index contributed by atoms with van der Waals surface area (Å²) in [6.45, 7) is 3.99. The van der Waals surface area contributed by atoms with E-state index in [2.05, 4.69) is 4.98 Å². The fraction of sp³-hybridized carbons (Fsp3) is 0.273. The molecule has 0 spiro atoms. The number of halogens is 1. The van der Waals surface area contributed by atoms with E-state index in [1.807, 2.05) is 13.8 Å². The van der Waals surface area contributed by atoms with Crippen LogP contribution in [-0.2, 0) is 0 Å². The molecule has 0 atom stereocenters. The minimum Gasteiger partial charge on any atom is -0.476 e. The van der Waals surface area contributed by atoms with E-state index in [1.165, 1.54) is 22.7 Å². The Kier molecular flexibility index (Phi) is 3.51. The van der Waals surface area contributed by atoms with Gasteiger partial charge >= 0.3 is 5.97 Å². The second kappa shape index (κ2) is 4.76. The topological polar surface area (TPSA) is 50.2 Å². The second-order valence-corrected chi connectivity index (χ2v) is 6.20. The summed E-state index contributed by atoms with van der Waals surface area (Å²) in [7, 11) is 0. The van der Waals surface area contributed by atoms with Gasteiger partial charge in [0.15, 0.2) is 5.69 Å². The van der Waals surface area contributed by atoms with Gasteiger partial charge in [0, 0.05) is 16.2 Å². The number of hydrogen-bond donors (Lipinski definition) is 1. The standard InChI is InChI=1S/C11H10ClNO2S2/c1-5(2)10-13-8(11(14)15)9(17-10)7-3-6(12)4-16-7/h3-5H,1-2H3,(H,14,15). The summed E-state index contributed by atoms with van der Waals surface area (Å²) < 4.78 is 0. The number of thiazole rings is 1. The zero-order chi connectivity index (χ0) is 12.6. The van der Waals surface area contributed by atoms with Gasteiger partial charge in [0.05, 0.1) is 14.9 Å². The Bertz CT molecular complexity index is 560. The number of thiophene rings is 1. The van der Waals surface area contributed by atoms with E-state index >= 15 is 0 Å². The lowest BCUT2D eigenvalue weighted by atomic mass is 10.2. The van der Waals surface area contributed by atoms with Gasteiger partial charge in [-0.25, -0.2) is 9.78 Å². The van der Waals surface area contributed by atoms with Gasteiger partial charge in [-0.3, -0.25) is 0 Å². The molecule has 0 aliphatic carbocycles. The monoisotopic (exact) mass is 287 g/mol. The van der Waals surface area contributed by atoms with Crippen LogP contribution in [0.2, 0.25) is 5.02 Å². The highest BCUT2D eigenvalue weighted by atomic mass is 35.5. The van der Waals surface area contributed by atoms with Crippen LogP contribution in [0, 0.1) is 0 Å². The lowest BCUT2D eigenvalue weighted by Crippen LogP contribution is -1.99. The number of nitrogens with zero attached hydrogens (tertiary/aromatic N) is 1. The molecule has 3 nitrogen and oxygen atoms in total. The summed E-state index contributed by atoms with van der Waals surface area (Å²) >= 11 is 8.72. The maximum atomic E-state index is 11.2. The van der Waals surface area contributed by atoms with E-state index in [1.54, 1.807) is 11.4 Å². The van der Waals surface area contributed by atoms with Crippen LogP contribution in [0.15, 0.2) is 11.4 Å². The zero-order valence-corrected chi connectivity index (χ0v) is 11.6. The zero-order valence-electron chi connectivity index (χ0n) is 9.23. The van der Waals surface area contributed by atoms with Crippen LogP contribution in [0.5, 0.6) is 0 Å². The van der Waals surface area contributed by atoms with Crippen LogP contribution in [0.1, 0.15) is 35.3 Å². The fourth-order valence-electron chi connectivity index (χ4n) is 1.33. The van der Waals surface area contributed by atoms with Crippen molar-refractivity contribution in [1.29, 1.82) is 0 Å². The first-order valence-corrected chi connectivity index (χ1v) is 7.05. The molecule has 2 aromatic rings. The van der Waals surface area contributed by atoms with E-state index < -0.39 is 5.97 Å². The second-order valence-electron chi connectivity index (χ2n) is 3.82. The predicted molar refractivity (Wildman–Crippen MR) is 71.5 cm³/mol. The molecule has 0 unspecified atom stereocenters. The van der Waals surface area contributed by atoms with Crippen molar-refractivity contribution in [3.63, 3.8) is 0 Å². The van der Waals surface area contributed by atoms with Crippen molar-refractivity contribution < 1.29 is 9.90 Å². The maximum Gasteiger partial charge on any atom is 0.356 e. The molecule has 0 saturated carbocycles. The van der Waals surface area contributed by atoms with Crippen molar-refractivity contribution in [3.8, 4) is 9.75 Å². The van der Waals surface area contributed by atoms with Crippen molar-refractivity contribution in [2.24, 2.45) is 0 Å². The summed E-state index contributed by atoms with van der Waals surface area (Å²) in [5.41, 5.74) is 0.122. The van der Waals surface area contributed by atoms with Gasteiger partial charge in [-0.1, -0.05) is 25.4 Å². The molecule has 2 aromatic heterocycles.